The highest BCUT2D eigenvalue weighted by atomic mass is 16.4. The van der Waals surface area contributed by atoms with Crippen LogP contribution in [0.1, 0.15) is 51.0 Å². The van der Waals surface area contributed by atoms with E-state index in [2.05, 4.69) is 61.9 Å². The molecule has 0 bridgehead atoms. The molecule has 0 unspecified atom stereocenters. The first kappa shape index (κ1) is 14.9. The molecule has 0 N–H and O–H groups in total. The minimum atomic E-state index is 0.256. The Balaban J connectivity index is 1.77. The summed E-state index contributed by atoms with van der Waals surface area (Å²) in [5.41, 5.74) is 5.36. The molecule has 0 aliphatic rings. The van der Waals surface area contributed by atoms with E-state index in [4.69, 9.17) is 8.83 Å². The van der Waals surface area contributed by atoms with Gasteiger partial charge < -0.3 is 8.83 Å². The van der Waals surface area contributed by atoms with Crippen molar-refractivity contribution in [3.05, 3.63) is 47.9 Å². The number of hydrogen-bond acceptors (Lipinski definition) is 4. The summed E-state index contributed by atoms with van der Waals surface area (Å²) >= 11 is 0. The second kappa shape index (κ2) is 5.48. The van der Waals surface area contributed by atoms with E-state index in [0.29, 0.717) is 11.8 Å². The summed E-state index contributed by atoms with van der Waals surface area (Å²) in [6.45, 7) is 8.49. The van der Waals surface area contributed by atoms with Crippen molar-refractivity contribution in [1.29, 1.82) is 0 Å². The van der Waals surface area contributed by atoms with Crippen LogP contribution >= 0.6 is 0 Å². The van der Waals surface area contributed by atoms with E-state index >= 15 is 0 Å². The standard InChI is InChI=1S/C20H20N2O2/c1-11(2)13-5-7-14(8-6-13)20-22-16-9-15-17(10-18(16)24-20)23-19(21-15)12(3)4/h5-12H,1-4H3. The smallest absolute Gasteiger partial charge is 0.227 e. The molecular weight excluding hydrogens is 300 g/mol. The van der Waals surface area contributed by atoms with E-state index in [9.17, 15) is 0 Å². The van der Waals surface area contributed by atoms with Crippen molar-refractivity contribution in [3.63, 3.8) is 0 Å². The maximum Gasteiger partial charge on any atom is 0.227 e. The molecule has 24 heavy (non-hydrogen) atoms. The fraction of sp³-hybridized carbons (Fsp3) is 0.300. The number of aromatic nitrogens is 2. The van der Waals surface area contributed by atoms with Gasteiger partial charge in [-0.25, -0.2) is 9.97 Å². The first-order valence-electron chi connectivity index (χ1n) is 8.32. The summed E-state index contributed by atoms with van der Waals surface area (Å²) < 4.78 is 11.7. The lowest BCUT2D eigenvalue weighted by Gasteiger charge is -2.04. The lowest BCUT2D eigenvalue weighted by molar-refractivity contribution is 0.501. The molecule has 0 amide bonds. The molecule has 0 saturated heterocycles. The molecule has 4 nitrogen and oxygen atoms in total. The molecule has 0 aliphatic heterocycles. The van der Waals surface area contributed by atoms with Gasteiger partial charge >= 0.3 is 0 Å². The minimum Gasteiger partial charge on any atom is -0.440 e. The van der Waals surface area contributed by atoms with Crippen LogP contribution in [-0.4, -0.2) is 9.97 Å². The van der Waals surface area contributed by atoms with Crippen LogP contribution in [0.25, 0.3) is 33.7 Å². The van der Waals surface area contributed by atoms with Crippen molar-refractivity contribution in [1.82, 2.24) is 9.97 Å². The number of nitrogens with zero attached hydrogens (tertiary/aromatic N) is 2. The van der Waals surface area contributed by atoms with Gasteiger partial charge in [-0.2, -0.15) is 0 Å². The average Bonchev–Trinajstić information content (AvgIpc) is 3.15. The zero-order valence-electron chi connectivity index (χ0n) is 14.3. The minimum absolute atomic E-state index is 0.256. The molecule has 0 radical (unpaired) electrons. The summed E-state index contributed by atoms with van der Waals surface area (Å²) in [4.78, 5) is 9.14. The maximum absolute atomic E-state index is 5.93. The molecule has 4 rings (SSSR count). The predicted octanol–water partition coefficient (Wildman–Crippen LogP) is 5.88. The fourth-order valence-electron chi connectivity index (χ4n) is 2.75. The third-order valence-corrected chi connectivity index (χ3v) is 4.23. The van der Waals surface area contributed by atoms with Gasteiger partial charge in [-0.1, -0.05) is 39.8 Å². The molecule has 2 aromatic heterocycles. The van der Waals surface area contributed by atoms with E-state index in [1.807, 2.05) is 12.1 Å². The summed E-state index contributed by atoms with van der Waals surface area (Å²) in [6, 6.07) is 12.2. The molecule has 2 aromatic carbocycles. The first-order chi connectivity index (χ1) is 11.5. The van der Waals surface area contributed by atoms with Crippen molar-refractivity contribution in [2.45, 2.75) is 39.5 Å². The second-order valence-corrected chi connectivity index (χ2v) is 6.79. The largest absolute Gasteiger partial charge is 0.440 e. The van der Waals surface area contributed by atoms with Crippen LogP contribution in [0.15, 0.2) is 45.2 Å². The van der Waals surface area contributed by atoms with Gasteiger partial charge in [0, 0.05) is 17.5 Å². The summed E-state index contributed by atoms with van der Waals surface area (Å²) in [7, 11) is 0. The Morgan fingerprint density at radius 1 is 0.750 bits per heavy atom. The van der Waals surface area contributed by atoms with E-state index in [-0.39, 0.29) is 5.92 Å². The Hall–Kier alpha value is -2.62. The molecule has 2 heterocycles. The van der Waals surface area contributed by atoms with Gasteiger partial charge in [0.1, 0.15) is 11.0 Å². The van der Waals surface area contributed by atoms with Crippen LogP contribution in [0.4, 0.5) is 0 Å². The quantitative estimate of drug-likeness (QED) is 0.473. The zero-order chi connectivity index (χ0) is 16.8. The molecule has 0 aliphatic carbocycles. The Kier molecular flexibility index (Phi) is 3.41. The van der Waals surface area contributed by atoms with Crippen molar-refractivity contribution >= 4 is 22.2 Å². The van der Waals surface area contributed by atoms with Crippen molar-refractivity contribution in [3.8, 4) is 11.5 Å². The van der Waals surface area contributed by atoms with E-state index in [1.54, 1.807) is 0 Å². The van der Waals surface area contributed by atoms with Crippen LogP contribution in [-0.2, 0) is 0 Å². The predicted molar refractivity (Wildman–Crippen MR) is 95.2 cm³/mol. The normalized spacial score (nSPS) is 12.1. The van der Waals surface area contributed by atoms with Gasteiger partial charge in [0.25, 0.3) is 0 Å². The van der Waals surface area contributed by atoms with Crippen LogP contribution < -0.4 is 0 Å². The Morgan fingerprint density at radius 3 is 2.08 bits per heavy atom. The SMILES string of the molecule is CC(C)c1ccc(-c2nc3cc4nc(C(C)C)oc4cc3o2)cc1. The molecule has 4 aromatic rings. The van der Waals surface area contributed by atoms with Gasteiger partial charge in [0.2, 0.25) is 5.89 Å². The van der Waals surface area contributed by atoms with Gasteiger partial charge in [-0.15, -0.1) is 0 Å². The number of hydrogen-bond donors (Lipinski definition) is 0. The van der Waals surface area contributed by atoms with Gasteiger partial charge in [-0.3, -0.25) is 0 Å². The second-order valence-electron chi connectivity index (χ2n) is 6.79. The zero-order valence-corrected chi connectivity index (χ0v) is 14.3. The molecule has 122 valence electrons. The van der Waals surface area contributed by atoms with E-state index in [0.717, 1.165) is 33.7 Å². The summed E-state index contributed by atoms with van der Waals surface area (Å²) in [5.74, 6) is 2.13. The topological polar surface area (TPSA) is 52.1 Å². The third-order valence-electron chi connectivity index (χ3n) is 4.23. The number of benzene rings is 2. The van der Waals surface area contributed by atoms with Crippen LogP contribution in [0.3, 0.4) is 0 Å². The lowest BCUT2D eigenvalue weighted by atomic mass is 10.0. The third kappa shape index (κ3) is 2.48. The van der Waals surface area contributed by atoms with Gasteiger partial charge in [-0.05, 0) is 29.7 Å². The van der Waals surface area contributed by atoms with Crippen LogP contribution in [0.2, 0.25) is 0 Å². The Bertz CT molecular complexity index is 956. The fourth-order valence-corrected chi connectivity index (χ4v) is 2.75. The maximum atomic E-state index is 5.93. The van der Waals surface area contributed by atoms with E-state index < -0.39 is 0 Å². The summed E-state index contributed by atoms with van der Waals surface area (Å²) in [5, 5.41) is 0. The summed E-state index contributed by atoms with van der Waals surface area (Å²) in [6.07, 6.45) is 0. The van der Waals surface area contributed by atoms with E-state index in [1.165, 1.54) is 5.56 Å². The molecule has 0 atom stereocenters. The van der Waals surface area contributed by atoms with Crippen LogP contribution in [0, 0.1) is 0 Å². The molecular formula is C20H20N2O2. The lowest BCUT2D eigenvalue weighted by Crippen LogP contribution is -1.86. The van der Waals surface area contributed by atoms with Crippen molar-refractivity contribution < 1.29 is 8.83 Å². The Labute approximate surface area is 140 Å². The Morgan fingerprint density at radius 2 is 1.42 bits per heavy atom. The average molecular weight is 320 g/mol. The molecule has 0 fully saturated rings. The number of rotatable bonds is 3. The highest BCUT2D eigenvalue weighted by molar-refractivity contribution is 5.90. The van der Waals surface area contributed by atoms with Gasteiger partial charge in [0.05, 0.1) is 0 Å². The monoisotopic (exact) mass is 320 g/mol. The first-order valence-corrected chi connectivity index (χ1v) is 8.32. The van der Waals surface area contributed by atoms with Crippen molar-refractivity contribution in [2.75, 3.05) is 0 Å². The van der Waals surface area contributed by atoms with Crippen LogP contribution in [0.5, 0.6) is 0 Å². The number of oxazole rings is 2. The van der Waals surface area contributed by atoms with Gasteiger partial charge in [0.15, 0.2) is 17.1 Å². The molecule has 0 spiro atoms. The molecule has 0 saturated carbocycles. The number of fused-ring (bicyclic) bond motifs is 2. The highest BCUT2D eigenvalue weighted by Gasteiger charge is 2.14. The molecule has 4 heteroatoms. The van der Waals surface area contributed by atoms with Crippen molar-refractivity contribution in [2.24, 2.45) is 0 Å². The highest BCUT2D eigenvalue weighted by Crippen LogP contribution is 2.30.